The summed E-state index contributed by atoms with van der Waals surface area (Å²) in [5.41, 5.74) is -1.20. The molecule has 0 unspecified atom stereocenters. The predicted molar refractivity (Wildman–Crippen MR) is 140 cm³/mol. The van der Waals surface area contributed by atoms with E-state index >= 15 is 0 Å². The Labute approximate surface area is 226 Å². The molecular formula is C24H28Cl3N3O5S. The lowest BCUT2D eigenvalue weighted by atomic mass is 9.97. The fourth-order valence-corrected chi connectivity index (χ4v) is 6.72. The number of ether oxygens (including phenoxy) is 2. The van der Waals surface area contributed by atoms with Crippen LogP contribution in [0.2, 0.25) is 15.1 Å². The molecule has 0 aliphatic carbocycles. The summed E-state index contributed by atoms with van der Waals surface area (Å²) >= 11 is 18.3. The molecule has 12 heteroatoms. The third-order valence-electron chi connectivity index (χ3n) is 6.35. The Bertz CT molecular complexity index is 1210. The van der Waals surface area contributed by atoms with Gasteiger partial charge in [0.05, 0.1) is 18.1 Å². The molecular weight excluding hydrogens is 549 g/mol. The largest absolute Gasteiger partial charge is 0.490 e. The van der Waals surface area contributed by atoms with E-state index in [9.17, 15) is 13.2 Å². The maximum Gasteiger partial charge on any atom is 0.244 e. The molecule has 2 aliphatic heterocycles. The third kappa shape index (κ3) is 6.45. The number of nitrogens with zero attached hydrogens (tertiary/aromatic N) is 3. The first-order valence-corrected chi connectivity index (χ1v) is 14.1. The lowest BCUT2D eigenvalue weighted by Crippen LogP contribution is -2.59. The van der Waals surface area contributed by atoms with Crippen LogP contribution in [0.1, 0.15) is 6.42 Å². The van der Waals surface area contributed by atoms with Crippen molar-refractivity contribution >= 4 is 50.7 Å². The van der Waals surface area contributed by atoms with Crippen LogP contribution in [0.3, 0.4) is 0 Å². The van der Waals surface area contributed by atoms with Gasteiger partial charge in [-0.05, 0) is 43.4 Å². The topological polar surface area (TPSA) is 79.4 Å². The summed E-state index contributed by atoms with van der Waals surface area (Å²) in [4.78, 5) is 17.2. The number of hydrogen-bond donors (Lipinski definition) is 0. The average molecular weight is 577 g/mol. The molecule has 0 radical (unpaired) electrons. The van der Waals surface area contributed by atoms with E-state index in [1.54, 1.807) is 29.2 Å². The maximum atomic E-state index is 13.5. The Morgan fingerprint density at radius 1 is 1.03 bits per heavy atom. The molecule has 2 aromatic rings. The summed E-state index contributed by atoms with van der Waals surface area (Å²) in [5, 5.41) is 0.868. The first-order chi connectivity index (χ1) is 17.1. The van der Waals surface area contributed by atoms with Crippen LogP contribution < -0.4 is 4.74 Å². The highest BCUT2D eigenvalue weighted by Gasteiger charge is 2.45. The van der Waals surface area contributed by atoms with Crippen LogP contribution in [0, 0.1) is 0 Å². The van der Waals surface area contributed by atoms with Crippen molar-refractivity contribution in [2.24, 2.45) is 0 Å². The number of likely N-dealkylation sites (N-methyl/N-ethyl adjacent to an activating group) is 1. The van der Waals surface area contributed by atoms with E-state index in [2.05, 4.69) is 4.90 Å². The van der Waals surface area contributed by atoms with Gasteiger partial charge in [0.25, 0.3) is 0 Å². The minimum absolute atomic E-state index is 0.0301. The maximum absolute atomic E-state index is 13.5. The molecule has 0 N–H and O–H groups in total. The molecule has 0 bridgehead atoms. The number of piperazine rings is 1. The molecule has 36 heavy (non-hydrogen) atoms. The minimum atomic E-state index is -3.98. The number of amides is 1. The monoisotopic (exact) mass is 575 g/mol. The van der Waals surface area contributed by atoms with Gasteiger partial charge < -0.3 is 19.3 Å². The molecule has 0 aromatic heterocycles. The molecule has 1 amide bonds. The minimum Gasteiger partial charge on any atom is -0.490 e. The van der Waals surface area contributed by atoms with Crippen molar-refractivity contribution in [2.75, 3.05) is 59.5 Å². The highest BCUT2D eigenvalue weighted by Crippen LogP contribution is 2.32. The number of benzene rings is 2. The second kappa shape index (κ2) is 11.4. The Morgan fingerprint density at radius 2 is 1.75 bits per heavy atom. The number of rotatable bonds is 7. The van der Waals surface area contributed by atoms with E-state index in [0.717, 1.165) is 13.1 Å². The number of carbonyl (C=O) groups is 1. The first-order valence-electron chi connectivity index (χ1n) is 11.5. The van der Waals surface area contributed by atoms with E-state index in [-0.39, 0.29) is 48.5 Å². The standard InChI is InChI=1S/C24H28Cl3N3O5S/c1-28-7-9-29(10-8-28)23(31)15-24(17-34-20-4-2-3-18(25)13-20)16-30(11-12-35-24)36(32,33)22-6-5-19(26)14-21(22)27/h2-6,13-14H,7-12,15-17H2,1H3/t24-/m1/s1. The highest BCUT2D eigenvalue weighted by atomic mass is 35.5. The van der Waals surface area contributed by atoms with Crippen molar-refractivity contribution in [3.63, 3.8) is 0 Å². The quantitative estimate of drug-likeness (QED) is 0.501. The number of hydrogen-bond acceptors (Lipinski definition) is 6. The van der Waals surface area contributed by atoms with Gasteiger partial charge >= 0.3 is 0 Å². The van der Waals surface area contributed by atoms with Crippen LogP contribution in [0.5, 0.6) is 5.75 Å². The van der Waals surface area contributed by atoms with Gasteiger partial charge in [-0.25, -0.2) is 8.42 Å². The lowest BCUT2D eigenvalue weighted by molar-refractivity contribution is -0.151. The van der Waals surface area contributed by atoms with Crippen molar-refractivity contribution in [1.29, 1.82) is 0 Å². The van der Waals surface area contributed by atoms with Crippen molar-refractivity contribution in [2.45, 2.75) is 16.9 Å². The smallest absolute Gasteiger partial charge is 0.244 e. The van der Waals surface area contributed by atoms with Crippen LogP contribution >= 0.6 is 34.8 Å². The predicted octanol–water partition coefficient (Wildman–Crippen LogP) is 3.65. The van der Waals surface area contributed by atoms with Crippen LogP contribution in [-0.4, -0.2) is 93.6 Å². The van der Waals surface area contributed by atoms with Gasteiger partial charge in [-0.1, -0.05) is 40.9 Å². The number of sulfonamides is 1. The number of carbonyl (C=O) groups excluding carboxylic acids is 1. The first kappa shape index (κ1) is 27.4. The second-order valence-electron chi connectivity index (χ2n) is 9.05. The molecule has 2 fully saturated rings. The zero-order valence-electron chi connectivity index (χ0n) is 19.8. The SMILES string of the molecule is CN1CCN(C(=O)C[C@]2(COc3cccc(Cl)c3)CN(S(=O)(=O)c3ccc(Cl)cc3Cl)CCO2)CC1. The number of halogens is 3. The van der Waals surface area contributed by atoms with Gasteiger partial charge in [0.2, 0.25) is 15.9 Å². The van der Waals surface area contributed by atoms with Crippen molar-refractivity contribution in [1.82, 2.24) is 14.1 Å². The van der Waals surface area contributed by atoms with Crippen LogP contribution in [0.25, 0.3) is 0 Å². The Morgan fingerprint density at radius 3 is 2.44 bits per heavy atom. The summed E-state index contributed by atoms with van der Waals surface area (Å²) in [6.45, 7) is 2.85. The van der Waals surface area contributed by atoms with Gasteiger partial charge in [0.1, 0.15) is 22.9 Å². The molecule has 2 aromatic carbocycles. The van der Waals surface area contributed by atoms with E-state index in [1.165, 1.54) is 22.5 Å². The Kier molecular flexibility index (Phi) is 8.71. The molecule has 0 spiro atoms. The molecule has 8 nitrogen and oxygen atoms in total. The van der Waals surface area contributed by atoms with Gasteiger partial charge in [0.15, 0.2) is 0 Å². The fraction of sp³-hybridized carbons (Fsp3) is 0.458. The summed E-state index contributed by atoms with van der Waals surface area (Å²) in [7, 11) is -1.97. The van der Waals surface area contributed by atoms with Crippen LogP contribution in [0.15, 0.2) is 47.4 Å². The molecule has 4 rings (SSSR count). The summed E-state index contributed by atoms with van der Waals surface area (Å²) in [5.74, 6) is 0.389. The van der Waals surface area contributed by atoms with Gasteiger partial charge in [-0.15, -0.1) is 0 Å². The van der Waals surface area contributed by atoms with Gasteiger partial charge in [-0.3, -0.25) is 4.79 Å². The third-order valence-corrected chi connectivity index (χ3v) is 9.15. The van der Waals surface area contributed by atoms with Crippen LogP contribution in [-0.2, 0) is 19.6 Å². The summed E-state index contributed by atoms with van der Waals surface area (Å²) in [6, 6.07) is 11.1. The lowest BCUT2D eigenvalue weighted by Gasteiger charge is -2.43. The average Bonchev–Trinajstić information content (AvgIpc) is 2.83. The molecule has 196 valence electrons. The van der Waals surface area contributed by atoms with E-state index in [0.29, 0.717) is 28.9 Å². The molecule has 2 saturated heterocycles. The van der Waals surface area contributed by atoms with Crippen molar-refractivity contribution in [3.8, 4) is 5.75 Å². The highest BCUT2D eigenvalue weighted by molar-refractivity contribution is 7.89. The Hall–Kier alpha value is -1.59. The summed E-state index contributed by atoms with van der Waals surface area (Å²) < 4.78 is 40.5. The van der Waals surface area contributed by atoms with E-state index in [4.69, 9.17) is 44.3 Å². The zero-order valence-corrected chi connectivity index (χ0v) is 22.9. The molecule has 2 heterocycles. The molecule has 2 aliphatic rings. The zero-order chi connectivity index (χ0) is 25.9. The molecule has 0 saturated carbocycles. The fourth-order valence-electron chi connectivity index (χ4n) is 4.30. The van der Waals surface area contributed by atoms with Crippen molar-refractivity contribution in [3.05, 3.63) is 57.5 Å². The Balaban J connectivity index is 1.59. The number of morpholine rings is 1. The van der Waals surface area contributed by atoms with Crippen LogP contribution in [0.4, 0.5) is 0 Å². The van der Waals surface area contributed by atoms with Crippen molar-refractivity contribution < 1.29 is 22.7 Å². The van der Waals surface area contributed by atoms with Gasteiger partial charge in [-0.2, -0.15) is 4.31 Å². The van der Waals surface area contributed by atoms with E-state index in [1.807, 2.05) is 7.05 Å². The van der Waals surface area contributed by atoms with Gasteiger partial charge in [0, 0.05) is 49.3 Å². The second-order valence-corrected chi connectivity index (χ2v) is 12.2. The normalized spacial score (nSPS) is 21.9. The molecule has 1 atom stereocenters. The van der Waals surface area contributed by atoms with E-state index < -0.39 is 15.6 Å². The summed E-state index contributed by atoms with van der Waals surface area (Å²) in [6.07, 6.45) is -0.0301.